The van der Waals surface area contributed by atoms with Gasteiger partial charge in [-0.15, -0.1) is 0 Å². The summed E-state index contributed by atoms with van der Waals surface area (Å²) in [4.78, 5) is 5.94. The van der Waals surface area contributed by atoms with E-state index in [0.29, 0.717) is 23.2 Å². The van der Waals surface area contributed by atoms with Crippen LogP contribution in [0.5, 0.6) is 0 Å². The van der Waals surface area contributed by atoms with Crippen LogP contribution < -0.4 is 10.6 Å². The number of hydrogen-bond acceptors (Lipinski definition) is 3. The van der Waals surface area contributed by atoms with Crippen molar-refractivity contribution in [1.29, 1.82) is 0 Å². The molecule has 102 valence electrons. The maximum atomic E-state index is 14.0. The van der Waals surface area contributed by atoms with Crippen molar-refractivity contribution in [2.24, 2.45) is 10.7 Å². The Hall–Kier alpha value is -2.07. The number of rotatable bonds is 2. The van der Waals surface area contributed by atoms with Gasteiger partial charge in [-0.05, 0) is 29.8 Å². The number of hydrogen-bond donors (Lipinski definition) is 1. The predicted molar refractivity (Wildman–Crippen MR) is 79.6 cm³/mol. The first-order chi connectivity index (χ1) is 9.66. The van der Waals surface area contributed by atoms with Crippen molar-refractivity contribution in [2.45, 2.75) is 6.04 Å². The average molecular weight is 290 g/mol. The summed E-state index contributed by atoms with van der Waals surface area (Å²) in [6, 6.07) is 13.9. The van der Waals surface area contributed by atoms with Crippen molar-refractivity contribution in [3.63, 3.8) is 0 Å². The summed E-state index contributed by atoms with van der Waals surface area (Å²) in [6.07, 6.45) is 0. The average Bonchev–Trinajstić information content (AvgIpc) is 2.81. The Morgan fingerprint density at radius 2 is 2.00 bits per heavy atom. The van der Waals surface area contributed by atoms with Crippen molar-refractivity contribution in [3.8, 4) is 0 Å². The number of nitrogens with two attached hydrogens (primary N) is 1. The van der Waals surface area contributed by atoms with E-state index in [-0.39, 0.29) is 11.9 Å². The molecule has 0 saturated heterocycles. The molecule has 0 spiro atoms. The Kier molecular flexibility index (Phi) is 3.32. The van der Waals surface area contributed by atoms with Gasteiger partial charge in [-0.3, -0.25) is 4.99 Å². The van der Waals surface area contributed by atoms with E-state index in [2.05, 4.69) is 4.99 Å². The molecule has 20 heavy (non-hydrogen) atoms. The van der Waals surface area contributed by atoms with Gasteiger partial charge in [0.2, 0.25) is 0 Å². The van der Waals surface area contributed by atoms with Crippen molar-refractivity contribution in [2.75, 3.05) is 11.4 Å². The molecule has 3 rings (SSSR count). The second-order valence-electron chi connectivity index (χ2n) is 4.59. The fraction of sp³-hybridized carbons (Fsp3) is 0.133. The van der Waals surface area contributed by atoms with Gasteiger partial charge in [0.25, 0.3) is 0 Å². The van der Waals surface area contributed by atoms with Gasteiger partial charge in [-0.1, -0.05) is 35.9 Å². The summed E-state index contributed by atoms with van der Waals surface area (Å²) >= 11 is 6.02. The van der Waals surface area contributed by atoms with Crippen molar-refractivity contribution in [3.05, 3.63) is 64.9 Å². The predicted octanol–water partition coefficient (Wildman–Crippen LogP) is 3.36. The van der Waals surface area contributed by atoms with Gasteiger partial charge < -0.3 is 10.6 Å². The number of guanidine groups is 1. The molecule has 5 heteroatoms. The van der Waals surface area contributed by atoms with Crippen LogP contribution in [0.15, 0.2) is 53.5 Å². The van der Waals surface area contributed by atoms with E-state index in [4.69, 9.17) is 17.3 Å². The minimum Gasteiger partial charge on any atom is -0.369 e. The third-order valence-corrected chi connectivity index (χ3v) is 3.57. The number of para-hydroxylation sites is 1. The van der Waals surface area contributed by atoms with Crippen LogP contribution >= 0.6 is 11.6 Å². The summed E-state index contributed by atoms with van der Waals surface area (Å²) in [5.74, 6) is -0.000321. The van der Waals surface area contributed by atoms with Crippen LogP contribution in [0.25, 0.3) is 0 Å². The summed E-state index contributed by atoms with van der Waals surface area (Å²) in [6.45, 7) is 0.487. The van der Waals surface area contributed by atoms with Gasteiger partial charge in [-0.2, -0.15) is 0 Å². The van der Waals surface area contributed by atoms with Gasteiger partial charge in [0.05, 0.1) is 18.3 Å². The van der Waals surface area contributed by atoms with E-state index < -0.39 is 0 Å². The third-order valence-electron chi connectivity index (χ3n) is 3.33. The third kappa shape index (κ3) is 2.23. The molecule has 1 heterocycles. The van der Waals surface area contributed by atoms with E-state index in [0.717, 1.165) is 5.56 Å². The first-order valence-corrected chi connectivity index (χ1v) is 6.64. The second kappa shape index (κ2) is 5.13. The van der Waals surface area contributed by atoms with E-state index in [1.54, 1.807) is 29.2 Å². The van der Waals surface area contributed by atoms with Crippen LogP contribution in [0, 0.1) is 5.82 Å². The number of halogens is 2. The van der Waals surface area contributed by atoms with Crippen LogP contribution in [0.1, 0.15) is 11.6 Å². The highest BCUT2D eigenvalue weighted by atomic mass is 35.5. The van der Waals surface area contributed by atoms with Gasteiger partial charge in [-0.25, -0.2) is 4.39 Å². The lowest BCUT2D eigenvalue weighted by Crippen LogP contribution is -2.36. The maximum absolute atomic E-state index is 14.0. The minimum atomic E-state index is -0.320. The monoisotopic (exact) mass is 289 g/mol. The highest BCUT2D eigenvalue weighted by Gasteiger charge is 2.30. The normalized spacial score (nSPS) is 18.2. The molecule has 2 aromatic rings. The molecule has 1 atom stereocenters. The maximum Gasteiger partial charge on any atom is 0.196 e. The fourth-order valence-corrected chi connectivity index (χ4v) is 2.60. The van der Waals surface area contributed by atoms with Crippen LogP contribution in [-0.4, -0.2) is 12.5 Å². The second-order valence-corrected chi connectivity index (χ2v) is 5.03. The molecule has 2 N–H and O–H groups in total. The molecular weight excluding hydrogens is 277 g/mol. The zero-order valence-corrected chi connectivity index (χ0v) is 11.4. The highest BCUT2D eigenvalue weighted by molar-refractivity contribution is 6.30. The lowest BCUT2D eigenvalue weighted by atomic mass is 10.1. The molecule has 0 radical (unpaired) electrons. The number of anilines is 1. The number of benzene rings is 2. The first-order valence-electron chi connectivity index (χ1n) is 6.26. The van der Waals surface area contributed by atoms with E-state index >= 15 is 0 Å². The van der Waals surface area contributed by atoms with Gasteiger partial charge in [0, 0.05) is 5.02 Å². The molecule has 1 aliphatic heterocycles. The Balaban J connectivity index is 2.03. The highest BCUT2D eigenvalue weighted by Crippen LogP contribution is 2.33. The molecule has 0 saturated carbocycles. The summed E-state index contributed by atoms with van der Waals surface area (Å²) in [7, 11) is 0. The molecule has 0 aliphatic carbocycles. The summed E-state index contributed by atoms with van der Waals surface area (Å²) < 4.78 is 14.0. The zero-order chi connectivity index (χ0) is 14.1. The Morgan fingerprint density at radius 1 is 1.20 bits per heavy atom. The van der Waals surface area contributed by atoms with Crippen LogP contribution in [0.4, 0.5) is 10.1 Å². The van der Waals surface area contributed by atoms with E-state index in [1.807, 2.05) is 18.2 Å². The largest absolute Gasteiger partial charge is 0.369 e. The standard InChI is InChI=1S/C15H13ClFN3/c16-11-5-3-4-10(8-11)14-9-19-15(18)20(14)13-7-2-1-6-12(13)17/h1-8,14H,9H2,(H2,18,19). The molecule has 1 aliphatic rings. The van der Waals surface area contributed by atoms with E-state index in [1.165, 1.54) is 6.07 Å². The SMILES string of the molecule is NC1=NCC(c2cccc(Cl)c2)N1c1ccccc1F. The van der Waals surface area contributed by atoms with E-state index in [9.17, 15) is 4.39 Å². The molecule has 0 aromatic heterocycles. The molecule has 0 amide bonds. The van der Waals surface area contributed by atoms with Gasteiger partial charge in [0.15, 0.2) is 5.96 Å². The minimum absolute atomic E-state index is 0.134. The molecule has 1 unspecified atom stereocenters. The quantitative estimate of drug-likeness (QED) is 0.921. The van der Waals surface area contributed by atoms with Crippen molar-refractivity contribution < 1.29 is 4.39 Å². The van der Waals surface area contributed by atoms with Crippen LogP contribution in [0.2, 0.25) is 5.02 Å². The molecule has 0 fully saturated rings. The Morgan fingerprint density at radius 3 is 2.75 bits per heavy atom. The zero-order valence-electron chi connectivity index (χ0n) is 10.6. The van der Waals surface area contributed by atoms with Crippen molar-refractivity contribution in [1.82, 2.24) is 0 Å². The summed E-state index contributed by atoms with van der Waals surface area (Å²) in [5.41, 5.74) is 7.31. The van der Waals surface area contributed by atoms with Crippen LogP contribution in [0.3, 0.4) is 0 Å². The summed E-state index contributed by atoms with van der Waals surface area (Å²) in [5, 5.41) is 0.640. The number of nitrogens with zero attached hydrogens (tertiary/aromatic N) is 2. The molecule has 0 bridgehead atoms. The first kappa shape index (κ1) is 12.9. The smallest absolute Gasteiger partial charge is 0.196 e. The molecular formula is C15H13ClFN3. The van der Waals surface area contributed by atoms with Gasteiger partial charge >= 0.3 is 0 Å². The molecule has 3 nitrogen and oxygen atoms in total. The van der Waals surface area contributed by atoms with Gasteiger partial charge in [0.1, 0.15) is 5.82 Å². The number of aliphatic imine (C=N–C) groups is 1. The topological polar surface area (TPSA) is 41.6 Å². The molecule has 2 aromatic carbocycles. The fourth-order valence-electron chi connectivity index (χ4n) is 2.40. The Bertz CT molecular complexity index is 672. The van der Waals surface area contributed by atoms with Crippen molar-refractivity contribution >= 4 is 23.2 Å². The van der Waals surface area contributed by atoms with Crippen LogP contribution in [-0.2, 0) is 0 Å². The lowest BCUT2D eigenvalue weighted by molar-refractivity contribution is 0.619. The Labute approximate surface area is 121 Å². The lowest BCUT2D eigenvalue weighted by Gasteiger charge is -2.27.